The van der Waals surface area contributed by atoms with E-state index in [4.69, 9.17) is 10.3 Å². The van der Waals surface area contributed by atoms with Crippen molar-refractivity contribution in [2.45, 2.75) is 31.0 Å². The van der Waals surface area contributed by atoms with Gasteiger partial charge in [0.1, 0.15) is 34.1 Å². The molecule has 0 aliphatic rings. The first-order valence-corrected chi connectivity index (χ1v) is 10.3. The van der Waals surface area contributed by atoms with E-state index in [0.29, 0.717) is 5.69 Å². The molecule has 1 atom stereocenters. The van der Waals surface area contributed by atoms with E-state index in [1.807, 2.05) is 44.2 Å². The standard InChI is InChI=1S/C21H19N7O3S/c1-10-5-6-11(2)15(7-10)25-19(29)12(3)32-20-14(9-23)16(13(8-22)18(24)26-20)17-21(30)31-27-28(17)4/h5-7,12H,1-4H3,(H3-,24,25,26,27,29,30)/p+1. The minimum Gasteiger partial charge on any atom is -0.383 e. The fraction of sp³-hybridized carbons (Fsp3) is 0.238. The number of H-pyrrole nitrogens is 1. The zero-order chi connectivity index (χ0) is 23.6. The van der Waals surface area contributed by atoms with Gasteiger partial charge in [-0.2, -0.15) is 10.5 Å². The number of aryl methyl sites for hydroxylation is 3. The van der Waals surface area contributed by atoms with Gasteiger partial charge in [0.2, 0.25) is 5.91 Å². The van der Waals surface area contributed by atoms with Crippen LogP contribution in [0.2, 0.25) is 0 Å². The number of nitriles is 2. The summed E-state index contributed by atoms with van der Waals surface area (Å²) in [5, 5.41) is 24.1. The van der Waals surface area contributed by atoms with Crippen LogP contribution < -0.4 is 21.4 Å². The van der Waals surface area contributed by atoms with Crippen molar-refractivity contribution in [3.05, 3.63) is 50.9 Å². The monoisotopic (exact) mass is 450 g/mol. The van der Waals surface area contributed by atoms with Crippen LogP contribution in [0.3, 0.4) is 0 Å². The number of benzene rings is 1. The normalized spacial score (nSPS) is 11.4. The van der Waals surface area contributed by atoms with E-state index in [1.54, 1.807) is 6.92 Å². The summed E-state index contributed by atoms with van der Waals surface area (Å²) in [4.78, 5) is 29.2. The SMILES string of the molecule is Cc1ccc(C)c(NC(=O)C(C)Sc2nc(N)c(C#N)c(-c3c(=O)o[nH][n+]3C)c2C#N)c1. The molecule has 1 unspecified atom stereocenters. The van der Waals surface area contributed by atoms with Crippen molar-refractivity contribution in [3.63, 3.8) is 0 Å². The zero-order valence-corrected chi connectivity index (χ0v) is 18.6. The molecule has 0 aliphatic carbocycles. The Hall–Kier alpha value is -4.09. The van der Waals surface area contributed by atoms with Gasteiger partial charge in [-0.3, -0.25) is 9.32 Å². The Kier molecular flexibility index (Phi) is 6.32. The predicted octanol–water partition coefficient (Wildman–Crippen LogP) is 1.92. The third-order valence-corrected chi connectivity index (χ3v) is 5.85. The fourth-order valence-electron chi connectivity index (χ4n) is 3.06. The van der Waals surface area contributed by atoms with Crippen LogP contribution in [0.15, 0.2) is 32.5 Å². The van der Waals surface area contributed by atoms with Crippen molar-refractivity contribution in [2.75, 3.05) is 11.1 Å². The van der Waals surface area contributed by atoms with Gasteiger partial charge in [0, 0.05) is 5.69 Å². The third-order valence-electron chi connectivity index (χ3n) is 4.77. The second kappa shape index (κ2) is 8.96. The summed E-state index contributed by atoms with van der Waals surface area (Å²) in [6.45, 7) is 5.47. The molecule has 1 aromatic carbocycles. The number of nitrogen functional groups attached to an aromatic ring is 1. The van der Waals surface area contributed by atoms with Gasteiger partial charge in [0.15, 0.2) is 7.05 Å². The van der Waals surface area contributed by atoms with Crippen LogP contribution in [0.4, 0.5) is 11.5 Å². The van der Waals surface area contributed by atoms with Gasteiger partial charge >= 0.3 is 11.3 Å². The quantitative estimate of drug-likeness (QED) is 0.391. The molecule has 3 rings (SSSR count). The minimum atomic E-state index is -0.775. The number of hydrogen-bond acceptors (Lipinski definition) is 8. The van der Waals surface area contributed by atoms with Crippen molar-refractivity contribution < 1.29 is 14.0 Å². The number of nitrogens with zero attached hydrogens (tertiary/aromatic N) is 4. The Morgan fingerprint density at radius 1 is 1.31 bits per heavy atom. The number of nitrogens with two attached hydrogens (primary N) is 1. The molecule has 11 heteroatoms. The molecule has 0 spiro atoms. The Labute approximate surface area is 187 Å². The zero-order valence-electron chi connectivity index (χ0n) is 17.8. The lowest BCUT2D eigenvalue weighted by molar-refractivity contribution is -0.730. The number of thioether (sulfide) groups is 1. The predicted molar refractivity (Wildman–Crippen MR) is 117 cm³/mol. The van der Waals surface area contributed by atoms with Crippen LogP contribution in [-0.2, 0) is 11.8 Å². The Morgan fingerprint density at radius 2 is 2.00 bits per heavy atom. The summed E-state index contributed by atoms with van der Waals surface area (Å²) in [5.74, 6) is -0.461. The maximum atomic E-state index is 12.8. The molecule has 10 nitrogen and oxygen atoms in total. The molecule has 0 fully saturated rings. The Bertz CT molecular complexity index is 1360. The number of pyridine rings is 1. The van der Waals surface area contributed by atoms with Crippen LogP contribution in [0.5, 0.6) is 0 Å². The average molecular weight is 451 g/mol. The van der Waals surface area contributed by atoms with Gasteiger partial charge in [-0.05, 0) is 43.2 Å². The first kappa shape index (κ1) is 22.6. The maximum Gasteiger partial charge on any atom is 0.435 e. The minimum absolute atomic E-state index is 0.00429. The molecule has 0 bridgehead atoms. The van der Waals surface area contributed by atoms with Crippen LogP contribution in [0.25, 0.3) is 11.3 Å². The fourth-order valence-corrected chi connectivity index (χ4v) is 3.97. The molecule has 2 aromatic heterocycles. The highest BCUT2D eigenvalue weighted by atomic mass is 32.2. The van der Waals surface area contributed by atoms with E-state index in [-0.39, 0.29) is 39.1 Å². The highest BCUT2D eigenvalue weighted by molar-refractivity contribution is 8.00. The van der Waals surface area contributed by atoms with Crippen LogP contribution in [-0.4, -0.2) is 21.4 Å². The molecule has 0 saturated carbocycles. The molecule has 3 aromatic rings. The number of carbonyl (C=O) groups is 1. The lowest BCUT2D eigenvalue weighted by Gasteiger charge is -2.15. The van der Waals surface area contributed by atoms with E-state index in [1.165, 1.54) is 11.7 Å². The molecule has 1 amide bonds. The molecule has 0 saturated heterocycles. The lowest BCUT2D eigenvalue weighted by atomic mass is 10.0. The van der Waals surface area contributed by atoms with Crippen LogP contribution in [0, 0.1) is 36.5 Å². The molecular weight excluding hydrogens is 430 g/mol. The second-order valence-electron chi connectivity index (χ2n) is 7.11. The maximum absolute atomic E-state index is 12.8. The van der Waals surface area contributed by atoms with Gasteiger partial charge in [-0.15, -0.1) is 0 Å². The summed E-state index contributed by atoms with van der Waals surface area (Å²) < 4.78 is 6.01. The average Bonchev–Trinajstić information content (AvgIpc) is 3.07. The summed E-state index contributed by atoms with van der Waals surface area (Å²) in [7, 11) is 1.49. The van der Waals surface area contributed by atoms with Gasteiger partial charge in [-0.1, -0.05) is 28.6 Å². The van der Waals surface area contributed by atoms with Crippen molar-refractivity contribution >= 4 is 29.2 Å². The van der Waals surface area contributed by atoms with E-state index < -0.39 is 10.9 Å². The number of hydrogen-bond donors (Lipinski definition) is 3. The van der Waals surface area contributed by atoms with E-state index >= 15 is 0 Å². The van der Waals surface area contributed by atoms with Gasteiger partial charge < -0.3 is 11.1 Å². The van der Waals surface area contributed by atoms with Crippen molar-refractivity contribution in [3.8, 4) is 23.4 Å². The molecular formula is C21H20N7O3S+. The number of carbonyl (C=O) groups excluding carboxylic acids is 1. The van der Waals surface area contributed by atoms with Crippen molar-refractivity contribution in [2.24, 2.45) is 7.05 Å². The first-order valence-electron chi connectivity index (χ1n) is 9.44. The number of aromatic amines is 1. The highest BCUT2D eigenvalue weighted by Crippen LogP contribution is 2.35. The number of amides is 1. The number of nitrogens with one attached hydrogen (secondary N) is 2. The second-order valence-corrected chi connectivity index (χ2v) is 8.44. The van der Waals surface area contributed by atoms with E-state index in [2.05, 4.69) is 15.6 Å². The Morgan fingerprint density at radius 3 is 2.59 bits per heavy atom. The number of anilines is 2. The van der Waals surface area contributed by atoms with Crippen molar-refractivity contribution in [1.82, 2.24) is 10.3 Å². The summed E-state index contributed by atoms with van der Waals surface area (Å²) in [5.41, 5.74) is 7.57. The smallest absolute Gasteiger partial charge is 0.383 e. The first-order chi connectivity index (χ1) is 15.2. The molecule has 2 heterocycles. The van der Waals surface area contributed by atoms with Crippen LogP contribution in [0.1, 0.15) is 29.2 Å². The topological polar surface area (TPSA) is 165 Å². The molecule has 162 valence electrons. The summed E-state index contributed by atoms with van der Waals surface area (Å²) in [6, 6.07) is 9.61. The summed E-state index contributed by atoms with van der Waals surface area (Å²) in [6.07, 6.45) is 0. The molecule has 32 heavy (non-hydrogen) atoms. The molecule has 0 radical (unpaired) electrons. The molecule has 4 N–H and O–H groups in total. The Balaban J connectivity index is 2.03. The lowest BCUT2D eigenvalue weighted by Crippen LogP contribution is -2.34. The number of aromatic nitrogens is 3. The van der Waals surface area contributed by atoms with Gasteiger partial charge in [0.25, 0.3) is 0 Å². The van der Waals surface area contributed by atoms with Gasteiger partial charge in [-0.25, -0.2) is 9.78 Å². The van der Waals surface area contributed by atoms with E-state index in [0.717, 1.165) is 22.9 Å². The number of rotatable bonds is 5. The van der Waals surface area contributed by atoms with E-state index in [9.17, 15) is 20.1 Å². The van der Waals surface area contributed by atoms with Crippen molar-refractivity contribution in [1.29, 1.82) is 10.5 Å². The third kappa shape index (κ3) is 4.19. The largest absolute Gasteiger partial charge is 0.435 e. The summed E-state index contributed by atoms with van der Waals surface area (Å²) >= 11 is 1.00. The van der Waals surface area contributed by atoms with Gasteiger partial charge in [0.05, 0.1) is 10.8 Å². The molecule has 0 aliphatic heterocycles. The highest BCUT2D eigenvalue weighted by Gasteiger charge is 2.32. The van der Waals surface area contributed by atoms with Crippen LogP contribution >= 0.6 is 11.8 Å².